The van der Waals surface area contributed by atoms with Crippen LogP contribution < -0.4 is 10.5 Å². The predicted octanol–water partition coefficient (Wildman–Crippen LogP) is 4.91. The molecule has 0 bridgehead atoms. The van der Waals surface area contributed by atoms with Crippen LogP contribution in [0.2, 0.25) is 0 Å². The largest absolute Gasteiger partial charge is 0.484 e. The van der Waals surface area contributed by atoms with Gasteiger partial charge in [-0.3, -0.25) is 4.98 Å². The van der Waals surface area contributed by atoms with Crippen molar-refractivity contribution in [3.63, 3.8) is 0 Å². The number of rotatable bonds is 7. The summed E-state index contributed by atoms with van der Waals surface area (Å²) >= 11 is 0. The van der Waals surface area contributed by atoms with E-state index >= 15 is 8.78 Å². The van der Waals surface area contributed by atoms with Gasteiger partial charge in [0.15, 0.2) is 12.2 Å². The summed E-state index contributed by atoms with van der Waals surface area (Å²) in [7, 11) is 0. The minimum Gasteiger partial charge on any atom is -0.484 e. The fraction of sp³-hybridized carbons (Fsp3) is 0.227. The number of halogens is 7. The molecule has 33 heavy (non-hydrogen) atoms. The minimum absolute atomic E-state index is 0.0403. The van der Waals surface area contributed by atoms with Crippen LogP contribution in [0.15, 0.2) is 60.8 Å². The van der Waals surface area contributed by atoms with Gasteiger partial charge in [0.2, 0.25) is 0 Å². The van der Waals surface area contributed by atoms with E-state index in [-0.39, 0.29) is 5.75 Å². The first-order valence-electron chi connectivity index (χ1n) is 9.40. The van der Waals surface area contributed by atoms with Crippen LogP contribution in [0.25, 0.3) is 11.1 Å². The SMILES string of the molecule is NCC(O)(c1ccc(F)cc1F)C(F)(F)c1ccc(-c2ccc(OCC(F)(F)F)cc2)cn1. The van der Waals surface area contributed by atoms with Crippen molar-refractivity contribution in [3.05, 3.63) is 83.7 Å². The number of pyridine rings is 1. The molecule has 3 aromatic rings. The number of benzene rings is 2. The van der Waals surface area contributed by atoms with Crippen LogP contribution in [0.3, 0.4) is 0 Å². The summed E-state index contributed by atoms with van der Waals surface area (Å²) in [5, 5.41) is 10.6. The molecule has 1 heterocycles. The number of hydrogen-bond acceptors (Lipinski definition) is 4. The summed E-state index contributed by atoms with van der Waals surface area (Å²) in [6.07, 6.45) is -3.45. The molecule has 0 saturated heterocycles. The molecule has 0 saturated carbocycles. The lowest BCUT2D eigenvalue weighted by atomic mass is 9.84. The first kappa shape index (κ1) is 24.5. The molecule has 0 aliphatic heterocycles. The van der Waals surface area contributed by atoms with E-state index in [1.54, 1.807) is 0 Å². The van der Waals surface area contributed by atoms with Gasteiger partial charge in [-0.1, -0.05) is 24.3 Å². The van der Waals surface area contributed by atoms with E-state index in [9.17, 15) is 27.1 Å². The smallest absolute Gasteiger partial charge is 0.422 e. The van der Waals surface area contributed by atoms with Gasteiger partial charge >= 0.3 is 12.1 Å². The van der Waals surface area contributed by atoms with E-state index in [1.165, 1.54) is 30.3 Å². The number of ether oxygens (including phenoxy) is 1. The van der Waals surface area contributed by atoms with Crippen molar-refractivity contribution in [3.8, 4) is 16.9 Å². The van der Waals surface area contributed by atoms with Gasteiger partial charge < -0.3 is 15.6 Å². The molecule has 2 aromatic carbocycles. The van der Waals surface area contributed by atoms with E-state index in [0.717, 1.165) is 12.3 Å². The van der Waals surface area contributed by atoms with Gasteiger partial charge in [-0.2, -0.15) is 22.0 Å². The third-order valence-corrected chi connectivity index (χ3v) is 4.87. The lowest BCUT2D eigenvalue weighted by Gasteiger charge is -2.35. The standard InChI is InChI=1S/C22H17F7N2O2/c23-15-4-7-17(18(24)9-15)20(32,11-30)22(28,29)19-8-3-14(10-31-19)13-1-5-16(6-2-13)33-12-21(25,26)27/h1-10,32H,11-12,30H2. The highest BCUT2D eigenvalue weighted by Crippen LogP contribution is 2.45. The van der Waals surface area contributed by atoms with Crippen LogP contribution in [-0.4, -0.2) is 29.4 Å². The topological polar surface area (TPSA) is 68.4 Å². The van der Waals surface area contributed by atoms with E-state index < -0.39 is 53.7 Å². The number of alkyl halides is 5. The molecule has 176 valence electrons. The molecule has 0 spiro atoms. The van der Waals surface area contributed by atoms with Gasteiger partial charge in [0.25, 0.3) is 0 Å². The first-order chi connectivity index (χ1) is 15.4. The first-order valence-corrected chi connectivity index (χ1v) is 9.40. The van der Waals surface area contributed by atoms with Gasteiger partial charge in [-0.05, 0) is 29.8 Å². The molecule has 0 aliphatic rings. The fourth-order valence-electron chi connectivity index (χ4n) is 3.10. The Hall–Kier alpha value is -3.18. The maximum atomic E-state index is 15.2. The zero-order chi connectivity index (χ0) is 24.4. The monoisotopic (exact) mass is 474 g/mol. The average molecular weight is 474 g/mol. The van der Waals surface area contributed by atoms with Gasteiger partial charge in [0.05, 0.1) is 0 Å². The van der Waals surface area contributed by atoms with E-state index in [4.69, 9.17) is 5.73 Å². The molecular formula is C22H17F7N2O2. The van der Waals surface area contributed by atoms with Crippen molar-refractivity contribution < 1.29 is 40.6 Å². The third-order valence-electron chi connectivity index (χ3n) is 4.87. The fourth-order valence-corrected chi connectivity index (χ4v) is 3.10. The zero-order valence-electron chi connectivity index (χ0n) is 16.7. The van der Waals surface area contributed by atoms with Crippen molar-refractivity contribution in [2.24, 2.45) is 5.73 Å². The second-order valence-electron chi connectivity index (χ2n) is 7.12. The maximum Gasteiger partial charge on any atom is 0.422 e. The van der Waals surface area contributed by atoms with Crippen molar-refractivity contribution in [2.75, 3.05) is 13.2 Å². The van der Waals surface area contributed by atoms with E-state index in [0.29, 0.717) is 29.3 Å². The highest BCUT2D eigenvalue weighted by molar-refractivity contribution is 5.63. The second kappa shape index (κ2) is 8.99. The van der Waals surface area contributed by atoms with E-state index in [1.807, 2.05) is 0 Å². The van der Waals surface area contributed by atoms with Crippen LogP contribution in [0.5, 0.6) is 5.75 Å². The third kappa shape index (κ3) is 5.09. The molecule has 0 aliphatic carbocycles. The molecule has 1 aromatic heterocycles. The molecule has 4 nitrogen and oxygen atoms in total. The lowest BCUT2D eigenvalue weighted by Crippen LogP contribution is -2.50. The number of nitrogens with zero attached hydrogens (tertiary/aromatic N) is 1. The van der Waals surface area contributed by atoms with Crippen LogP contribution in [-0.2, 0) is 11.5 Å². The van der Waals surface area contributed by atoms with E-state index in [2.05, 4.69) is 9.72 Å². The molecule has 3 N–H and O–H groups in total. The highest BCUT2D eigenvalue weighted by atomic mass is 19.4. The number of aliphatic hydroxyl groups is 1. The van der Waals surface area contributed by atoms with Crippen molar-refractivity contribution >= 4 is 0 Å². The van der Waals surface area contributed by atoms with Crippen LogP contribution >= 0.6 is 0 Å². The molecule has 1 atom stereocenters. The van der Waals surface area contributed by atoms with Gasteiger partial charge in [-0.15, -0.1) is 0 Å². The van der Waals surface area contributed by atoms with Gasteiger partial charge in [-0.25, -0.2) is 8.78 Å². The van der Waals surface area contributed by atoms with Crippen molar-refractivity contribution in [1.82, 2.24) is 4.98 Å². The van der Waals surface area contributed by atoms with Crippen LogP contribution in [0.4, 0.5) is 30.7 Å². The Morgan fingerprint density at radius 1 is 0.879 bits per heavy atom. The van der Waals surface area contributed by atoms with Crippen LogP contribution in [0, 0.1) is 11.6 Å². The molecule has 0 radical (unpaired) electrons. The van der Waals surface area contributed by atoms with Gasteiger partial charge in [0.1, 0.15) is 23.1 Å². The molecule has 0 fully saturated rings. The molecule has 3 rings (SSSR count). The quantitative estimate of drug-likeness (QED) is 0.478. The predicted molar refractivity (Wildman–Crippen MR) is 104 cm³/mol. The Labute approximate surface area is 183 Å². The van der Waals surface area contributed by atoms with Gasteiger partial charge in [0, 0.05) is 29.9 Å². The Morgan fingerprint density at radius 2 is 1.52 bits per heavy atom. The summed E-state index contributed by atoms with van der Waals surface area (Å²) < 4.78 is 98.9. The van der Waals surface area contributed by atoms with Crippen molar-refractivity contribution in [1.29, 1.82) is 0 Å². The van der Waals surface area contributed by atoms with Crippen LogP contribution in [0.1, 0.15) is 11.3 Å². The Balaban J connectivity index is 1.86. The average Bonchev–Trinajstić information content (AvgIpc) is 2.77. The normalized spacial score (nSPS) is 14.1. The summed E-state index contributed by atoms with van der Waals surface area (Å²) in [4.78, 5) is 3.66. The van der Waals surface area contributed by atoms with Crippen molar-refractivity contribution in [2.45, 2.75) is 17.7 Å². The summed E-state index contributed by atoms with van der Waals surface area (Å²) in [5.41, 5.74) is 1.10. The second-order valence-corrected chi connectivity index (χ2v) is 7.12. The Morgan fingerprint density at radius 3 is 2.03 bits per heavy atom. The Bertz CT molecular complexity index is 1100. The maximum absolute atomic E-state index is 15.2. The number of aromatic nitrogens is 1. The molecule has 0 amide bonds. The summed E-state index contributed by atoms with van der Waals surface area (Å²) in [6, 6.07) is 9.24. The zero-order valence-corrected chi connectivity index (χ0v) is 16.7. The number of nitrogens with two attached hydrogens (primary N) is 1. The summed E-state index contributed by atoms with van der Waals surface area (Å²) in [5.74, 6) is -6.61. The molecule has 1 unspecified atom stereocenters. The lowest BCUT2D eigenvalue weighted by molar-refractivity contribution is -0.193. The highest BCUT2D eigenvalue weighted by Gasteiger charge is 2.56. The molecular weight excluding hydrogens is 457 g/mol. The molecule has 11 heteroatoms. The minimum atomic E-state index is -4.49. The number of hydrogen-bond donors (Lipinski definition) is 2. The Kier molecular flexibility index (Phi) is 6.66. The summed E-state index contributed by atoms with van der Waals surface area (Å²) in [6.45, 7) is -2.55.